The van der Waals surface area contributed by atoms with Gasteiger partial charge >= 0.3 is 0 Å². The van der Waals surface area contributed by atoms with E-state index < -0.39 is 0 Å². The Morgan fingerprint density at radius 1 is 0.818 bits per heavy atom. The van der Waals surface area contributed by atoms with E-state index in [1.54, 1.807) is 0 Å². The second kappa shape index (κ2) is 8.78. The molecule has 0 nitrogen and oxygen atoms in total. The zero-order valence-corrected chi connectivity index (χ0v) is 14.1. The van der Waals surface area contributed by atoms with Gasteiger partial charge in [0.15, 0.2) is 0 Å². The van der Waals surface area contributed by atoms with Crippen LogP contribution in [0.2, 0.25) is 0 Å². The Kier molecular flexibility index (Phi) is 6.71. The summed E-state index contributed by atoms with van der Waals surface area (Å²) in [6.07, 6.45) is 8.94. The van der Waals surface area contributed by atoms with Crippen LogP contribution in [0, 0.1) is 6.07 Å². The molecule has 0 bridgehead atoms. The molecule has 1 radical (unpaired) electrons. The van der Waals surface area contributed by atoms with Crippen molar-refractivity contribution < 1.29 is 0 Å². The Balaban J connectivity index is 1.82. The molecule has 0 amide bonds. The van der Waals surface area contributed by atoms with Crippen molar-refractivity contribution in [3.05, 3.63) is 71.8 Å². The highest BCUT2D eigenvalue weighted by Gasteiger charge is 2.27. The lowest BCUT2D eigenvalue weighted by Gasteiger charge is -2.32. The van der Waals surface area contributed by atoms with E-state index in [0.29, 0.717) is 5.41 Å². The van der Waals surface area contributed by atoms with Gasteiger partial charge in [0.05, 0.1) is 0 Å². The number of unbranched alkanes of at least 4 members (excludes halogenated alkanes) is 2. The average molecular weight is 293 g/mol. The predicted octanol–water partition coefficient (Wildman–Crippen LogP) is 6.35. The molecule has 0 fully saturated rings. The molecule has 0 heterocycles. The molecule has 2 rings (SSSR count). The summed E-state index contributed by atoms with van der Waals surface area (Å²) in [6, 6.07) is 22.6. The van der Waals surface area contributed by atoms with Gasteiger partial charge in [0, 0.05) is 0 Å². The van der Waals surface area contributed by atoms with Gasteiger partial charge < -0.3 is 0 Å². The van der Waals surface area contributed by atoms with Crippen LogP contribution in [0.3, 0.4) is 0 Å². The summed E-state index contributed by atoms with van der Waals surface area (Å²) >= 11 is 0. The number of hydrogen-bond donors (Lipinski definition) is 0. The number of rotatable bonds is 9. The SMILES string of the molecule is CCC(CC)(CCCCCc1cc[c]cc1)c1ccccc1. The molecule has 22 heavy (non-hydrogen) atoms. The highest BCUT2D eigenvalue weighted by Crippen LogP contribution is 2.36. The third kappa shape index (κ3) is 4.47. The van der Waals surface area contributed by atoms with Crippen molar-refractivity contribution in [1.82, 2.24) is 0 Å². The molecule has 2 aromatic carbocycles. The molecule has 0 aliphatic rings. The monoisotopic (exact) mass is 293 g/mol. The second-order valence-electron chi connectivity index (χ2n) is 6.32. The minimum Gasteiger partial charge on any atom is -0.0645 e. The fraction of sp³-hybridized carbons (Fsp3) is 0.455. The van der Waals surface area contributed by atoms with Crippen LogP contribution in [0.1, 0.15) is 63.5 Å². The normalized spacial score (nSPS) is 11.5. The highest BCUT2D eigenvalue weighted by molar-refractivity contribution is 5.25. The Morgan fingerprint density at radius 3 is 2.14 bits per heavy atom. The largest absolute Gasteiger partial charge is 0.0645 e. The highest BCUT2D eigenvalue weighted by atomic mass is 14.3. The quantitative estimate of drug-likeness (QED) is 0.473. The van der Waals surface area contributed by atoms with Gasteiger partial charge in [-0.15, -0.1) is 0 Å². The van der Waals surface area contributed by atoms with Gasteiger partial charge in [0.1, 0.15) is 0 Å². The summed E-state index contributed by atoms with van der Waals surface area (Å²) in [5, 5.41) is 0. The molecule has 0 saturated heterocycles. The maximum Gasteiger partial charge on any atom is -0.00522 e. The molecule has 0 heteroatoms. The average Bonchev–Trinajstić information content (AvgIpc) is 2.60. The van der Waals surface area contributed by atoms with Crippen LogP contribution in [0.15, 0.2) is 54.6 Å². The molecule has 2 aromatic rings. The van der Waals surface area contributed by atoms with E-state index in [2.05, 4.69) is 62.4 Å². The van der Waals surface area contributed by atoms with E-state index in [4.69, 9.17) is 0 Å². The molecule has 0 N–H and O–H groups in total. The minimum atomic E-state index is 0.378. The maximum absolute atomic E-state index is 3.09. The molecular formula is C22H29. The topological polar surface area (TPSA) is 0 Å². The van der Waals surface area contributed by atoms with Gasteiger partial charge in [-0.05, 0) is 54.7 Å². The lowest BCUT2D eigenvalue weighted by molar-refractivity contribution is 0.349. The molecule has 0 aliphatic heterocycles. The summed E-state index contributed by atoms with van der Waals surface area (Å²) in [6.45, 7) is 4.69. The zero-order chi connectivity index (χ0) is 15.7. The molecule has 0 spiro atoms. The summed E-state index contributed by atoms with van der Waals surface area (Å²) in [7, 11) is 0. The molecule has 0 unspecified atom stereocenters. The third-order valence-electron chi connectivity index (χ3n) is 5.15. The summed E-state index contributed by atoms with van der Waals surface area (Å²) < 4.78 is 0. The van der Waals surface area contributed by atoms with Crippen molar-refractivity contribution in [3.8, 4) is 0 Å². The van der Waals surface area contributed by atoms with Gasteiger partial charge in [-0.1, -0.05) is 81.3 Å². The van der Waals surface area contributed by atoms with Crippen LogP contribution < -0.4 is 0 Å². The van der Waals surface area contributed by atoms with Crippen molar-refractivity contribution in [2.24, 2.45) is 0 Å². The van der Waals surface area contributed by atoms with E-state index in [9.17, 15) is 0 Å². The van der Waals surface area contributed by atoms with Crippen LogP contribution >= 0.6 is 0 Å². The first-order valence-electron chi connectivity index (χ1n) is 8.81. The first-order chi connectivity index (χ1) is 10.8. The van der Waals surface area contributed by atoms with Crippen LogP contribution in [0.4, 0.5) is 0 Å². The van der Waals surface area contributed by atoms with Gasteiger partial charge in [-0.3, -0.25) is 0 Å². The molecule has 0 aliphatic carbocycles. The van der Waals surface area contributed by atoms with E-state index in [1.165, 1.54) is 56.1 Å². The molecule has 0 saturated carbocycles. The predicted molar refractivity (Wildman–Crippen MR) is 96.2 cm³/mol. The van der Waals surface area contributed by atoms with Gasteiger partial charge in [-0.25, -0.2) is 0 Å². The standard InChI is InChI=1S/C22H29/c1-3-22(4-2,21-17-11-6-12-18-21)19-13-7-10-16-20-14-8-5-9-15-20/h6,8-9,11-12,14-15,17-18H,3-4,7,10,13,16,19H2,1-2H3. The summed E-state index contributed by atoms with van der Waals surface area (Å²) in [5.74, 6) is 0. The van der Waals surface area contributed by atoms with Crippen molar-refractivity contribution in [3.63, 3.8) is 0 Å². The van der Waals surface area contributed by atoms with Crippen molar-refractivity contribution in [2.75, 3.05) is 0 Å². The second-order valence-corrected chi connectivity index (χ2v) is 6.32. The fourth-order valence-corrected chi connectivity index (χ4v) is 3.51. The van der Waals surface area contributed by atoms with Crippen molar-refractivity contribution in [1.29, 1.82) is 0 Å². The number of hydrogen-bond acceptors (Lipinski definition) is 0. The zero-order valence-electron chi connectivity index (χ0n) is 14.1. The summed E-state index contributed by atoms with van der Waals surface area (Å²) in [4.78, 5) is 0. The Morgan fingerprint density at radius 2 is 1.50 bits per heavy atom. The molecule has 0 atom stereocenters. The van der Waals surface area contributed by atoms with Crippen molar-refractivity contribution >= 4 is 0 Å². The van der Waals surface area contributed by atoms with Crippen molar-refractivity contribution in [2.45, 2.75) is 64.2 Å². The lowest BCUT2D eigenvalue weighted by Crippen LogP contribution is -2.24. The van der Waals surface area contributed by atoms with Crippen LogP contribution in [0.5, 0.6) is 0 Å². The number of benzene rings is 2. The summed E-state index contributed by atoms with van der Waals surface area (Å²) in [5.41, 5.74) is 3.35. The van der Waals surface area contributed by atoms with Crippen LogP contribution in [-0.2, 0) is 11.8 Å². The Bertz CT molecular complexity index is 508. The Labute approximate surface area is 136 Å². The third-order valence-corrected chi connectivity index (χ3v) is 5.15. The van der Waals surface area contributed by atoms with Crippen LogP contribution in [0.25, 0.3) is 0 Å². The minimum absolute atomic E-state index is 0.378. The Hall–Kier alpha value is -1.56. The smallest absolute Gasteiger partial charge is 0.00522 e. The van der Waals surface area contributed by atoms with E-state index >= 15 is 0 Å². The molecular weight excluding hydrogens is 264 g/mol. The maximum atomic E-state index is 3.09. The van der Waals surface area contributed by atoms with E-state index in [0.717, 1.165) is 0 Å². The fourth-order valence-electron chi connectivity index (χ4n) is 3.51. The number of aryl methyl sites for hydroxylation is 1. The van der Waals surface area contributed by atoms with Gasteiger partial charge in [0.2, 0.25) is 0 Å². The van der Waals surface area contributed by atoms with Gasteiger partial charge in [-0.2, -0.15) is 0 Å². The first kappa shape index (κ1) is 16.8. The van der Waals surface area contributed by atoms with Crippen LogP contribution in [-0.4, -0.2) is 0 Å². The lowest BCUT2D eigenvalue weighted by atomic mass is 9.72. The molecule has 117 valence electrons. The molecule has 0 aromatic heterocycles. The van der Waals surface area contributed by atoms with Gasteiger partial charge in [0.25, 0.3) is 0 Å². The van der Waals surface area contributed by atoms with E-state index in [1.807, 2.05) is 12.1 Å². The van der Waals surface area contributed by atoms with E-state index in [-0.39, 0.29) is 0 Å². The first-order valence-corrected chi connectivity index (χ1v) is 8.81.